The van der Waals surface area contributed by atoms with Crippen molar-refractivity contribution >= 4 is 5.91 Å². The molecule has 3 heterocycles. The lowest BCUT2D eigenvalue weighted by Gasteiger charge is -2.20. The molecule has 0 saturated carbocycles. The molecule has 0 aliphatic carbocycles. The molecule has 0 unspecified atom stereocenters. The Kier molecular flexibility index (Phi) is 5.38. The lowest BCUT2D eigenvalue weighted by atomic mass is 10.2. The van der Waals surface area contributed by atoms with Crippen molar-refractivity contribution in [2.45, 2.75) is 26.1 Å². The van der Waals surface area contributed by atoms with Crippen LogP contribution in [0.15, 0.2) is 48.7 Å². The summed E-state index contributed by atoms with van der Waals surface area (Å²) in [7, 11) is 0. The van der Waals surface area contributed by atoms with Gasteiger partial charge in [-0.25, -0.2) is 4.39 Å². The van der Waals surface area contributed by atoms with Gasteiger partial charge in [-0.3, -0.25) is 14.7 Å². The highest BCUT2D eigenvalue weighted by Gasteiger charge is 2.20. The maximum Gasteiger partial charge on any atom is 0.270 e. The molecule has 3 aromatic rings. The van der Waals surface area contributed by atoms with E-state index in [1.54, 1.807) is 30.5 Å². The molecule has 28 heavy (non-hydrogen) atoms. The molecule has 4 rings (SSSR count). The number of nitrogens with one attached hydrogen (secondary N) is 1. The molecule has 1 aromatic carbocycles. The van der Waals surface area contributed by atoms with Crippen LogP contribution in [0.2, 0.25) is 0 Å². The number of fused-ring (bicyclic) bond motifs is 1. The normalized spacial score (nSPS) is 14.3. The first-order chi connectivity index (χ1) is 13.7. The number of carbonyl (C=O) groups is 1. The fourth-order valence-electron chi connectivity index (χ4n) is 3.33. The smallest absolute Gasteiger partial charge is 0.270 e. The van der Waals surface area contributed by atoms with E-state index in [1.165, 1.54) is 6.07 Å². The fourth-order valence-corrected chi connectivity index (χ4v) is 3.33. The third-order valence-electron chi connectivity index (χ3n) is 4.85. The topological polar surface area (TPSA) is 75.9 Å². The van der Waals surface area contributed by atoms with Gasteiger partial charge in [-0.05, 0) is 18.2 Å². The average Bonchev–Trinajstić information content (AvgIpc) is 3.01. The highest BCUT2D eigenvalue weighted by atomic mass is 19.1. The molecule has 0 atom stereocenters. The van der Waals surface area contributed by atoms with Crippen LogP contribution in [0.4, 0.5) is 4.39 Å². The zero-order chi connectivity index (χ0) is 19.3. The number of benzene rings is 1. The zero-order valence-corrected chi connectivity index (χ0v) is 15.4. The van der Waals surface area contributed by atoms with Crippen molar-refractivity contribution in [2.24, 2.45) is 0 Å². The van der Waals surface area contributed by atoms with Crippen molar-refractivity contribution in [3.8, 4) is 0 Å². The molecular formula is C20H21FN6O. The van der Waals surface area contributed by atoms with Crippen LogP contribution in [0, 0.1) is 5.82 Å². The van der Waals surface area contributed by atoms with E-state index < -0.39 is 0 Å². The van der Waals surface area contributed by atoms with Crippen molar-refractivity contribution in [1.82, 2.24) is 30.0 Å². The molecule has 144 valence electrons. The number of aromatic nitrogens is 4. The second kappa shape index (κ2) is 8.26. The summed E-state index contributed by atoms with van der Waals surface area (Å²) in [6.07, 6.45) is 2.32. The van der Waals surface area contributed by atoms with Gasteiger partial charge in [0.05, 0.1) is 6.54 Å². The average molecular weight is 380 g/mol. The molecule has 0 fully saturated rings. The van der Waals surface area contributed by atoms with E-state index in [4.69, 9.17) is 0 Å². The predicted molar refractivity (Wildman–Crippen MR) is 101 cm³/mol. The summed E-state index contributed by atoms with van der Waals surface area (Å²) in [5.41, 5.74) is 1.07. The summed E-state index contributed by atoms with van der Waals surface area (Å²) in [6.45, 7) is 3.10. The van der Waals surface area contributed by atoms with Crippen LogP contribution in [0.5, 0.6) is 0 Å². The van der Waals surface area contributed by atoms with E-state index in [0.29, 0.717) is 30.2 Å². The maximum absolute atomic E-state index is 13.9. The summed E-state index contributed by atoms with van der Waals surface area (Å²) in [5.74, 6) is 1.18. The fraction of sp³-hybridized carbons (Fsp3) is 0.300. The molecule has 0 spiro atoms. The number of rotatable bonds is 5. The molecular weight excluding hydrogens is 359 g/mol. The Bertz CT molecular complexity index is 958. The van der Waals surface area contributed by atoms with Crippen LogP contribution in [0.1, 0.15) is 27.7 Å². The highest BCUT2D eigenvalue weighted by Crippen LogP contribution is 2.14. The number of nitrogens with zero attached hydrogens (tertiary/aromatic N) is 5. The predicted octanol–water partition coefficient (Wildman–Crippen LogP) is 1.80. The van der Waals surface area contributed by atoms with Gasteiger partial charge in [0.1, 0.15) is 17.3 Å². The van der Waals surface area contributed by atoms with E-state index in [2.05, 4.69) is 25.4 Å². The van der Waals surface area contributed by atoms with Crippen LogP contribution in [-0.2, 0) is 26.1 Å². The molecule has 1 amide bonds. The van der Waals surface area contributed by atoms with Crippen LogP contribution < -0.4 is 5.32 Å². The first kappa shape index (κ1) is 18.2. The van der Waals surface area contributed by atoms with E-state index in [-0.39, 0.29) is 18.3 Å². The van der Waals surface area contributed by atoms with Crippen LogP contribution in [0.3, 0.4) is 0 Å². The van der Waals surface area contributed by atoms with Gasteiger partial charge in [0.25, 0.3) is 5.91 Å². The van der Waals surface area contributed by atoms with Gasteiger partial charge >= 0.3 is 0 Å². The minimum atomic E-state index is -0.243. The van der Waals surface area contributed by atoms with Crippen LogP contribution in [-0.4, -0.2) is 43.6 Å². The summed E-state index contributed by atoms with van der Waals surface area (Å²) < 4.78 is 16.0. The standard InChI is InChI=1S/C20H21FN6O/c21-16-6-2-1-5-15(16)14-26-10-8-18-24-25-19(27(18)12-11-26)13-23-20(28)17-7-3-4-9-22-17/h1-7,9H,8,10-14H2,(H,23,28). The quantitative estimate of drug-likeness (QED) is 0.731. The first-order valence-electron chi connectivity index (χ1n) is 9.26. The van der Waals surface area contributed by atoms with Crippen molar-refractivity contribution < 1.29 is 9.18 Å². The SMILES string of the molecule is O=C(NCc1nnc2n1CCN(Cc1ccccc1F)CC2)c1ccccn1. The van der Waals surface area contributed by atoms with Gasteiger partial charge in [0.15, 0.2) is 5.82 Å². The Morgan fingerprint density at radius 1 is 1.07 bits per heavy atom. The van der Waals surface area contributed by atoms with E-state index in [0.717, 1.165) is 25.3 Å². The number of halogens is 1. The maximum atomic E-state index is 13.9. The first-order valence-corrected chi connectivity index (χ1v) is 9.26. The van der Waals surface area contributed by atoms with Gasteiger partial charge in [0.2, 0.25) is 0 Å². The molecule has 7 nitrogen and oxygen atoms in total. The Hall–Kier alpha value is -3.13. The van der Waals surface area contributed by atoms with Crippen LogP contribution >= 0.6 is 0 Å². The lowest BCUT2D eigenvalue weighted by Crippen LogP contribution is -2.28. The van der Waals surface area contributed by atoms with E-state index in [1.807, 2.05) is 16.7 Å². The van der Waals surface area contributed by atoms with Gasteiger partial charge in [-0.1, -0.05) is 24.3 Å². The number of hydrogen-bond acceptors (Lipinski definition) is 5. The molecule has 1 aliphatic heterocycles. The van der Waals surface area contributed by atoms with E-state index in [9.17, 15) is 9.18 Å². The van der Waals surface area contributed by atoms with Crippen LogP contribution in [0.25, 0.3) is 0 Å². The third-order valence-corrected chi connectivity index (χ3v) is 4.85. The number of pyridine rings is 1. The minimum absolute atomic E-state index is 0.177. The minimum Gasteiger partial charge on any atom is -0.343 e. The van der Waals surface area contributed by atoms with Crippen molar-refractivity contribution in [2.75, 3.05) is 13.1 Å². The Balaban J connectivity index is 1.38. The summed E-state index contributed by atoms with van der Waals surface area (Å²) >= 11 is 0. The lowest BCUT2D eigenvalue weighted by molar-refractivity contribution is 0.0944. The molecule has 8 heteroatoms. The summed E-state index contributed by atoms with van der Waals surface area (Å²) in [6, 6.07) is 12.1. The van der Waals surface area contributed by atoms with Crippen molar-refractivity contribution in [1.29, 1.82) is 0 Å². The Morgan fingerprint density at radius 2 is 1.93 bits per heavy atom. The molecule has 0 saturated heterocycles. The number of amides is 1. The monoisotopic (exact) mass is 380 g/mol. The molecule has 1 aliphatic rings. The third kappa shape index (κ3) is 4.07. The molecule has 0 bridgehead atoms. The second-order valence-corrected chi connectivity index (χ2v) is 6.70. The summed E-state index contributed by atoms with van der Waals surface area (Å²) in [5, 5.41) is 11.3. The van der Waals surface area contributed by atoms with E-state index >= 15 is 0 Å². The summed E-state index contributed by atoms with van der Waals surface area (Å²) in [4.78, 5) is 18.4. The Morgan fingerprint density at radius 3 is 2.75 bits per heavy atom. The zero-order valence-electron chi connectivity index (χ0n) is 15.4. The number of carbonyl (C=O) groups excluding carboxylic acids is 1. The van der Waals surface area contributed by atoms with Crippen molar-refractivity contribution in [3.05, 3.63) is 77.4 Å². The van der Waals surface area contributed by atoms with Crippen molar-refractivity contribution in [3.63, 3.8) is 0 Å². The second-order valence-electron chi connectivity index (χ2n) is 6.70. The Labute approximate surface area is 162 Å². The number of hydrogen-bond donors (Lipinski definition) is 1. The molecule has 0 radical (unpaired) electrons. The largest absolute Gasteiger partial charge is 0.343 e. The van der Waals surface area contributed by atoms with Gasteiger partial charge in [-0.2, -0.15) is 0 Å². The van der Waals surface area contributed by atoms with Gasteiger partial charge in [0, 0.05) is 44.4 Å². The molecule has 1 N–H and O–H groups in total. The highest BCUT2D eigenvalue weighted by molar-refractivity contribution is 5.92. The molecule has 2 aromatic heterocycles. The van der Waals surface area contributed by atoms with Gasteiger partial charge in [-0.15, -0.1) is 10.2 Å². The van der Waals surface area contributed by atoms with Gasteiger partial charge < -0.3 is 9.88 Å².